The summed E-state index contributed by atoms with van der Waals surface area (Å²) in [5.41, 5.74) is 0. The summed E-state index contributed by atoms with van der Waals surface area (Å²) < 4.78 is 25.8. The number of aromatic nitrogens is 2. The summed E-state index contributed by atoms with van der Waals surface area (Å²) in [6, 6.07) is 1.53. The SMILES string of the molecule is C[C@@H]1CNCCN1S(=O)(=O)c1ncccn1. The van der Waals surface area contributed by atoms with Crippen molar-refractivity contribution < 1.29 is 8.42 Å². The molecule has 1 aliphatic rings. The number of nitrogens with one attached hydrogen (secondary N) is 1. The van der Waals surface area contributed by atoms with Gasteiger partial charge in [0.25, 0.3) is 15.2 Å². The Morgan fingerprint density at radius 3 is 2.75 bits per heavy atom. The average Bonchev–Trinajstić information content (AvgIpc) is 2.30. The Bertz CT molecular complexity index is 448. The van der Waals surface area contributed by atoms with Crippen LogP contribution >= 0.6 is 0 Å². The number of hydrogen-bond acceptors (Lipinski definition) is 5. The molecule has 1 N–H and O–H groups in total. The highest BCUT2D eigenvalue weighted by Crippen LogP contribution is 2.14. The first-order valence-electron chi connectivity index (χ1n) is 5.12. The molecule has 6 nitrogen and oxygen atoms in total. The molecule has 0 radical (unpaired) electrons. The Kier molecular flexibility index (Phi) is 3.17. The molecular weight excluding hydrogens is 228 g/mol. The van der Waals surface area contributed by atoms with Crippen LogP contribution in [0.15, 0.2) is 23.6 Å². The molecule has 1 aromatic heterocycles. The van der Waals surface area contributed by atoms with Crippen LogP contribution in [0.3, 0.4) is 0 Å². The highest BCUT2D eigenvalue weighted by atomic mass is 32.2. The van der Waals surface area contributed by atoms with Gasteiger partial charge >= 0.3 is 0 Å². The molecule has 0 aromatic carbocycles. The lowest BCUT2D eigenvalue weighted by Crippen LogP contribution is -2.52. The Hall–Kier alpha value is -1.05. The monoisotopic (exact) mass is 242 g/mol. The molecule has 0 bridgehead atoms. The van der Waals surface area contributed by atoms with Gasteiger partial charge in [-0.05, 0) is 13.0 Å². The zero-order valence-electron chi connectivity index (χ0n) is 9.00. The Morgan fingerprint density at radius 1 is 1.44 bits per heavy atom. The van der Waals surface area contributed by atoms with Crippen molar-refractivity contribution in [1.82, 2.24) is 19.6 Å². The van der Waals surface area contributed by atoms with E-state index < -0.39 is 10.0 Å². The molecule has 16 heavy (non-hydrogen) atoms. The van der Waals surface area contributed by atoms with Gasteiger partial charge in [0.1, 0.15) is 0 Å². The van der Waals surface area contributed by atoms with E-state index in [0.29, 0.717) is 19.6 Å². The average molecular weight is 242 g/mol. The standard InChI is InChI=1S/C9H14N4O2S/c1-8-7-10-5-6-13(8)16(14,15)9-11-3-2-4-12-9/h2-4,8,10H,5-7H2,1H3/t8-/m1/s1. The maximum Gasteiger partial charge on any atom is 0.279 e. The predicted molar refractivity (Wildman–Crippen MR) is 58.3 cm³/mol. The molecule has 7 heteroatoms. The molecule has 1 aliphatic heterocycles. The van der Waals surface area contributed by atoms with Crippen molar-refractivity contribution in [2.75, 3.05) is 19.6 Å². The van der Waals surface area contributed by atoms with Crippen LogP contribution in [0, 0.1) is 0 Å². The quantitative estimate of drug-likeness (QED) is 0.705. The van der Waals surface area contributed by atoms with E-state index in [1.807, 2.05) is 6.92 Å². The van der Waals surface area contributed by atoms with Gasteiger partial charge in [0, 0.05) is 38.1 Å². The van der Waals surface area contributed by atoms with E-state index >= 15 is 0 Å². The lowest BCUT2D eigenvalue weighted by atomic mass is 10.3. The van der Waals surface area contributed by atoms with E-state index in [2.05, 4.69) is 15.3 Å². The fourth-order valence-electron chi connectivity index (χ4n) is 1.70. The Balaban J connectivity index is 2.32. The first kappa shape index (κ1) is 11.4. The van der Waals surface area contributed by atoms with Crippen molar-refractivity contribution >= 4 is 10.0 Å². The molecular formula is C9H14N4O2S. The summed E-state index contributed by atoms with van der Waals surface area (Å²) in [7, 11) is -3.54. The third-order valence-corrected chi connectivity index (χ3v) is 4.35. The molecule has 0 spiro atoms. The lowest BCUT2D eigenvalue weighted by Gasteiger charge is -2.31. The van der Waals surface area contributed by atoms with E-state index in [-0.39, 0.29) is 11.2 Å². The second kappa shape index (κ2) is 4.44. The van der Waals surface area contributed by atoms with Crippen LogP contribution in [0.2, 0.25) is 0 Å². The van der Waals surface area contributed by atoms with E-state index in [0.717, 1.165) is 0 Å². The molecule has 0 unspecified atom stereocenters. The molecule has 1 saturated heterocycles. The second-order valence-corrected chi connectivity index (χ2v) is 5.48. The fraction of sp³-hybridized carbons (Fsp3) is 0.556. The van der Waals surface area contributed by atoms with E-state index in [9.17, 15) is 8.42 Å². The van der Waals surface area contributed by atoms with Crippen LogP contribution in [0.4, 0.5) is 0 Å². The van der Waals surface area contributed by atoms with Crippen LogP contribution in [0.5, 0.6) is 0 Å². The molecule has 2 heterocycles. The van der Waals surface area contributed by atoms with E-state index in [1.54, 1.807) is 6.07 Å². The first-order chi connectivity index (χ1) is 7.62. The third-order valence-electron chi connectivity index (χ3n) is 2.52. The van der Waals surface area contributed by atoms with Gasteiger partial charge in [-0.15, -0.1) is 0 Å². The molecule has 88 valence electrons. The molecule has 0 aliphatic carbocycles. The lowest BCUT2D eigenvalue weighted by molar-refractivity contribution is 0.282. The first-order valence-corrected chi connectivity index (χ1v) is 6.56. The summed E-state index contributed by atoms with van der Waals surface area (Å²) in [5, 5.41) is 3.02. The molecule has 0 amide bonds. The van der Waals surface area contributed by atoms with E-state index in [4.69, 9.17) is 0 Å². The smallest absolute Gasteiger partial charge is 0.279 e. The van der Waals surface area contributed by atoms with Gasteiger partial charge < -0.3 is 5.32 Å². The van der Waals surface area contributed by atoms with Gasteiger partial charge in [0.15, 0.2) is 0 Å². The Morgan fingerprint density at radius 2 is 2.12 bits per heavy atom. The third kappa shape index (κ3) is 2.06. The number of nitrogens with zero attached hydrogens (tertiary/aromatic N) is 3. The zero-order chi connectivity index (χ0) is 11.6. The van der Waals surface area contributed by atoms with Gasteiger partial charge in [0.05, 0.1) is 0 Å². The minimum absolute atomic E-state index is 0.0671. The number of sulfonamides is 1. The maximum atomic E-state index is 12.2. The van der Waals surface area contributed by atoms with Crippen molar-refractivity contribution in [3.05, 3.63) is 18.5 Å². The summed E-state index contributed by atoms with van der Waals surface area (Å²) in [6.07, 6.45) is 2.87. The molecule has 2 rings (SSSR count). The van der Waals surface area contributed by atoms with Crippen molar-refractivity contribution in [1.29, 1.82) is 0 Å². The number of hydrogen-bond donors (Lipinski definition) is 1. The summed E-state index contributed by atoms with van der Waals surface area (Å²) in [6.45, 7) is 3.65. The Labute approximate surface area is 94.8 Å². The van der Waals surface area contributed by atoms with E-state index in [1.165, 1.54) is 16.7 Å². The van der Waals surface area contributed by atoms with Crippen LogP contribution in [-0.2, 0) is 10.0 Å². The van der Waals surface area contributed by atoms with Gasteiger partial charge in [0.2, 0.25) is 0 Å². The number of piperazine rings is 1. The largest absolute Gasteiger partial charge is 0.314 e. The predicted octanol–water partition coefficient (Wildman–Crippen LogP) is -0.541. The van der Waals surface area contributed by atoms with Crippen molar-refractivity contribution in [2.45, 2.75) is 18.1 Å². The van der Waals surface area contributed by atoms with Crippen LogP contribution < -0.4 is 5.32 Å². The molecule has 0 saturated carbocycles. The molecule has 1 aromatic rings. The van der Waals surface area contributed by atoms with Crippen LogP contribution in [-0.4, -0.2) is 48.4 Å². The highest BCUT2D eigenvalue weighted by Gasteiger charge is 2.32. The van der Waals surface area contributed by atoms with Gasteiger partial charge in [-0.2, -0.15) is 4.31 Å². The number of rotatable bonds is 2. The summed E-state index contributed by atoms with van der Waals surface area (Å²) in [4.78, 5) is 7.60. The van der Waals surface area contributed by atoms with Crippen molar-refractivity contribution in [3.63, 3.8) is 0 Å². The van der Waals surface area contributed by atoms with Gasteiger partial charge in [-0.3, -0.25) is 0 Å². The fourth-order valence-corrected chi connectivity index (χ4v) is 3.18. The maximum absolute atomic E-state index is 12.2. The van der Waals surface area contributed by atoms with Crippen LogP contribution in [0.25, 0.3) is 0 Å². The highest BCUT2D eigenvalue weighted by molar-refractivity contribution is 7.89. The molecule has 1 fully saturated rings. The molecule has 1 atom stereocenters. The van der Waals surface area contributed by atoms with Crippen molar-refractivity contribution in [3.8, 4) is 0 Å². The second-order valence-electron chi connectivity index (χ2n) is 3.70. The summed E-state index contributed by atoms with van der Waals surface area (Å²) >= 11 is 0. The summed E-state index contributed by atoms with van der Waals surface area (Å²) in [5.74, 6) is 0. The topological polar surface area (TPSA) is 75.2 Å². The minimum atomic E-state index is -3.54. The van der Waals surface area contributed by atoms with Crippen LogP contribution in [0.1, 0.15) is 6.92 Å². The van der Waals surface area contributed by atoms with Crippen molar-refractivity contribution in [2.24, 2.45) is 0 Å². The normalized spacial score (nSPS) is 23.2. The van der Waals surface area contributed by atoms with Gasteiger partial charge in [-0.25, -0.2) is 18.4 Å². The minimum Gasteiger partial charge on any atom is -0.314 e. The zero-order valence-corrected chi connectivity index (χ0v) is 9.81. The van der Waals surface area contributed by atoms with Gasteiger partial charge in [-0.1, -0.05) is 0 Å².